The second-order valence-corrected chi connectivity index (χ2v) is 9.52. The van der Waals surface area contributed by atoms with Crippen molar-refractivity contribution >= 4 is 40.5 Å². The van der Waals surface area contributed by atoms with Gasteiger partial charge in [-0.2, -0.15) is 5.10 Å². The first kappa shape index (κ1) is 25.2. The molecule has 36 heavy (non-hydrogen) atoms. The summed E-state index contributed by atoms with van der Waals surface area (Å²) >= 11 is 6.37. The van der Waals surface area contributed by atoms with E-state index in [1.54, 1.807) is 18.3 Å². The number of hydrazone groups is 1. The molecule has 0 aliphatic carbocycles. The number of amides is 2. The van der Waals surface area contributed by atoms with Gasteiger partial charge in [0.25, 0.3) is 11.8 Å². The van der Waals surface area contributed by atoms with Crippen molar-refractivity contribution in [1.82, 2.24) is 15.3 Å². The maximum atomic E-state index is 12.9. The van der Waals surface area contributed by atoms with Crippen molar-refractivity contribution in [3.63, 3.8) is 0 Å². The molecule has 2 N–H and O–H groups in total. The van der Waals surface area contributed by atoms with E-state index < -0.39 is 6.04 Å². The van der Waals surface area contributed by atoms with E-state index in [1.165, 1.54) is 0 Å². The van der Waals surface area contributed by atoms with E-state index in [2.05, 4.69) is 20.4 Å². The van der Waals surface area contributed by atoms with Gasteiger partial charge in [0.1, 0.15) is 6.04 Å². The van der Waals surface area contributed by atoms with Crippen LogP contribution in [0.2, 0.25) is 5.02 Å². The number of carbonyl (C=O) groups is 2. The molecule has 1 atom stereocenters. The number of aromatic nitrogens is 1. The highest BCUT2D eigenvalue weighted by atomic mass is 35.5. The van der Waals surface area contributed by atoms with Crippen LogP contribution in [0.25, 0.3) is 10.9 Å². The van der Waals surface area contributed by atoms with Crippen LogP contribution in [-0.4, -0.2) is 28.6 Å². The highest BCUT2D eigenvalue weighted by molar-refractivity contribution is 6.31. The zero-order chi connectivity index (χ0) is 25.7. The average Bonchev–Trinajstić information content (AvgIpc) is 3.21. The van der Waals surface area contributed by atoms with Gasteiger partial charge < -0.3 is 9.88 Å². The van der Waals surface area contributed by atoms with Gasteiger partial charge in [-0.3, -0.25) is 9.59 Å². The number of aryl methyl sites for hydroxylation is 1. The predicted octanol–water partition coefficient (Wildman–Crippen LogP) is 5.56. The summed E-state index contributed by atoms with van der Waals surface area (Å²) in [5, 5.41) is 8.76. The van der Waals surface area contributed by atoms with E-state index in [4.69, 9.17) is 11.6 Å². The molecule has 1 unspecified atom stereocenters. The fraction of sp³-hybridized carbons (Fsp3) is 0.207. The Morgan fingerprint density at radius 2 is 1.69 bits per heavy atom. The molecule has 0 fully saturated rings. The van der Waals surface area contributed by atoms with Crippen molar-refractivity contribution in [3.05, 3.63) is 106 Å². The van der Waals surface area contributed by atoms with Crippen LogP contribution in [0.1, 0.15) is 40.9 Å². The molecule has 6 nitrogen and oxygen atoms in total. The molecule has 1 aromatic heterocycles. The lowest BCUT2D eigenvalue weighted by atomic mass is 10.0. The lowest BCUT2D eigenvalue weighted by Gasteiger charge is -2.20. The first-order chi connectivity index (χ1) is 17.3. The van der Waals surface area contributed by atoms with Crippen molar-refractivity contribution in [2.75, 3.05) is 0 Å². The molecule has 3 aromatic carbocycles. The molecule has 0 bridgehead atoms. The normalized spacial score (nSPS) is 12.2. The minimum atomic E-state index is -0.725. The molecule has 1 heterocycles. The first-order valence-corrected chi connectivity index (χ1v) is 12.2. The number of para-hydroxylation sites is 1. The van der Waals surface area contributed by atoms with Crippen LogP contribution in [0.3, 0.4) is 0 Å². The molecular formula is C29H29ClN4O2. The molecule has 0 saturated heterocycles. The van der Waals surface area contributed by atoms with E-state index in [0.29, 0.717) is 17.1 Å². The van der Waals surface area contributed by atoms with Gasteiger partial charge in [0.2, 0.25) is 0 Å². The third-order valence-electron chi connectivity index (χ3n) is 6.05. The van der Waals surface area contributed by atoms with E-state index in [1.807, 2.05) is 87.6 Å². The lowest BCUT2D eigenvalue weighted by molar-refractivity contribution is -0.123. The predicted molar refractivity (Wildman–Crippen MR) is 145 cm³/mol. The number of benzene rings is 3. The Bertz CT molecular complexity index is 1410. The van der Waals surface area contributed by atoms with Crippen LogP contribution in [0, 0.1) is 12.8 Å². The third-order valence-corrected chi connectivity index (χ3v) is 6.41. The molecule has 4 aromatic rings. The average molecular weight is 501 g/mol. The fourth-order valence-corrected chi connectivity index (χ4v) is 4.21. The molecule has 0 spiro atoms. The van der Waals surface area contributed by atoms with Crippen molar-refractivity contribution in [3.8, 4) is 0 Å². The van der Waals surface area contributed by atoms with Gasteiger partial charge in [-0.05, 0) is 42.7 Å². The zero-order valence-corrected chi connectivity index (χ0v) is 21.3. The van der Waals surface area contributed by atoms with Crippen LogP contribution < -0.4 is 10.7 Å². The van der Waals surface area contributed by atoms with E-state index >= 15 is 0 Å². The van der Waals surface area contributed by atoms with Crippen molar-refractivity contribution in [1.29, 1.82) is 0 Å². The van der Waals surface area contributed by atoms with E-state index in [-0.39, 0.29) is 17.7 Å². The van der Waals surface area contributed by atoms with E-state index in [9.17, 15) is 9.59 Å². The van der Waals surface area contributed by atoms with Gasteiger partial charge in [-0.25, -0.2) is 5.43 Å². The zero-order valence-electron chi connectivity index (χ0n) is 20.5. The van der Waals surface area contributed by atoms with Gasteiger partial charge in [-0.15, -0.1) is 0 Å². The Kier molecular flexibility index (Phi) is 7.86. The molecule has 0 radical (unpaired) electrons. The smallest absolute Gasteiger partial charge is 0.262 e. The minimum Gasteiger partial charge on any atom is -0.342 e. The van der Waals surface area contributed by atoms with Crippen LogP contribution in [0.4, 0.5) is 0 Å². The van der Waals surface area contributed by atoms with E-state index in [0.717, 1.165) is 27.6 Å². The quantitative estimate of drug-likeness (QED) is 0.245. The Hall–Kier alpha value is -3.90. The minimum absolute atomic E-state index is 0.118. The van der Waals surface area contributed by atoms with Gasteiger partial charge in [0.05, 0.1) is 6.21 Å². The molecule has 0 saturated carbocycles. The first-order valence-electron chi connectivity index (χ1n) is 11.8. The SMILES string of the molecule is Cc1ccc(C(=O)NC(C(=O)N/N=C\c2cn(Cc3ccccc3Cl)c3ccccc23)C(C)C)cc1. The maximum absolute atomic E-state index is 12.9. The van der Waals surface area contributed by atoms with Crippen molar-refractivity contribution < 1.29 is 9.59 Å². The summed E-state index contributed by atoms with van der Waals surface area (Å²) in [7, 11) is 0. The number of nitrogens with zero attached hydrogens (tertiary/aromatic N) is 2. The van der Waals surface area contributed by atoms with Crippen LogP contribution in [0.5, 0.6) is 0 Å². The standard InChI is InChI=1S/C29H29ClN4O2/c1-19(2)27(32-28(35)21-14-12-20(3)13-15-21)29(36)33-31-16-23-18-34(26-11-7-5-9-24(23)26)17-22-8-4-6-10-25(22)30/h4-16,18-19,27H,17H2,1-3H3,(H,32,35)(H,33,36)/b31-16-. The molecule has 184 valence electrons. The number of fused-ring (bicyclic) bond motifs is 1. The summed E-state index contributed by atoms with van der Waals surface area (Å²) in [6, 6.07) is 22.3. The highest BCUT2D eigenvalue weighted by Crippen LogP contribution is 2.23. The Labute approximate surface area is 216 Å². The van der Waals surface area contributed by atoms with Crippen molar-refractivity contribution in [2.24, 2.45) is 11.0 Å². The summed E-state index contributed by atoms with van der Waals surface area (Å²) in [5.41, 5.74) is 7.08. The van der Waals surface area contributed by atoms with Crippen LogP contribution in [0.15, 0.2) is 84.1 Å². The van der Waals surface area contributed by atoms with Crippen molar-refractivity contribution in [2.45, 2.75) is 33.4 Å². The lowest BCUT2D eigenvalue weighted by Crippen LogP contribution is -2.48. The largest absolute Gasteiger partial charge is 0.342 e. The Balaban J connectivity index is 1.49. The summed E-state index contributed by atoms with van der Waals surface area (Å²) in [4.78, 5) is 25.5. The number of hydrogen-bond donors (Lipinski definition) is 2. The van der Waals surface area contributed by atoms with Gasteiger partial charge in [0, 0.05) is 39.8 Å². The highest BCUT2D eigenvalue weighted by Gasteiger charge is 2.24. The number of nitrogens with one attached hydrogen (secondary N) is 2. The summed E-state index contributed by atoms with van der Waals surface area (Å²) in [6.45, 7) is 6.33. The number of halogens is 1. The topological polar surface area (TPSA) is 75.5 Å². The van der Waals surface area contributed by atoms with Crippen LogP contribution in [-0.2, 0) is 11.3 Å². The summed E-state index contributed by atoms with van der Waals surface area (Å²) in [6.07, 6.45) is 3.62. The number of rotatable bonds is 8. The molecule has 4 rings (SSSR count). The Morgan fingerprint density at radius 3 is 2.42 bits per heavy atom. The van der Waals surface area contributed by atoms with Gasteiger partial charge >= 0.3 is 0 Å². The molecular weight excluding hydrogens is 472 g/mol. The van der Waals surface area contributed by atoms with Gasteiger partial charge in [0.15, 0.2) is 0 Å². The summed E-state index contributed by atoms with van der Waals surface area (Å²) < 4.78 is 2.11. The van der Waals surface area contributed by atoms with Gasteiger partial charge in [-0.1, -0.05) is 79.5 Å². The molecule has 0 aliphatic rings. The summed E-state index contributed by atoms with van der Waals surface area (Å²) in [5.74, 6) is -0.788. The number of carbonyl (C=O) groups excluding carboxylic acids is 2. The second kappa shape index (κ2) is 11.2. The molecule has 7 heteroatoms. The van der Waals surface area contributed by atoms with Crippen LogP contribution >= 0.6 is 11.6 Å². The molecule has 2 amide bonds. The third kappa shape index (κ3) is 5.83. The Morgan fingerprint density at radius 1 is 1.00 bits per heavy atom. The maximum Gasteiger partial charge on any atom is 0.262 e. The number of hydrogen-bond acceptors (Lipinski definition) is 3. The molecule has 0 aliphatic heterocycles. The second-order valence-electron chi connectivity index (χ2n) is 9.12. The monoisotopic (exact) mass is 500 g/mol. The fourth-order valence-electron chi connectivity index (χ4n) is 4.02.